The van der Waals surface area contributed by atoms with Crippen LogP contribution in [-0.2, 0) is 25.7 Å². The van der Waals surface area contributed by atoms with Crippen LogP contribution in [0.3, 0.4) is 0 Å². The van der Waals surface area contributed by atoms with Gasteiger partial charge in [0.2, 0.25) is 0 Å². The average molecular weight is 343 g/mol. The molecule has 5 nitrogen and oxygen atoms in total. The molecule has 25 heavy (non-hydrogen) atoms. The molecule has 0 fully saturated rings. The van der Waals surface area contributed by atoms with Gasteiger partial charge >= 0.3 is 0 Å². The van der Waals surface area contributed by atoms with Gasteiger partial charge in [-0.2, -0.15) is 0 Å². The summed E-state index contributed by atoms with van der Waals surface area (Å²) in [5.74, 6) is 0.621. The highest BCUT2D eigenvalue weighted by Crippen LogP contribution is 2.35. The van der Waals surface area contributed by atoms with Crippen LogP contribution in [0.5, 0.6) is 11.5 Å². The summed E-state index contributed by atoms with van der Waals surface area (Å²) in [5.41, 5.74) is 22.5. The highest BCUT2D eigenvalue weighted by atomic mass is 16.3. The quantitative estimate of drug-likeness (QED) is 0.501. The zero-order chi connectivity index (χ0) is 18.4. The summed E-state index contributed by atoms with van der Waals surface area (Å²) < 4.78 is 0. The topological polar surface area (TPSA) is 119 Å². The second-order valence-electron chi connectivity index (χ2n) is 6.26. The number of hydrogen-bond donors (Lipinski definition) is 5. The Balaban J connectivity index is 2.61. The third kappa shape index (κ3) is 4.31. The predicted molar refractivity (Wildman–Crippen MR) is 103 cm³/mol. The van der Waals surface area contributed by atoms with Crippen molar-refractivity contribution < 1.29 is 10.2 Å². The normalized spacial score (nSPS) is 11.0. The monoisotopic (exact) mass is 343 g/mol. The van der Waals surface area contributed by atoms with Crippen molar-refractivity contribution in [1.29, 1.82) is 0 Å². The lowest BCUT2D eigenvalue weighted by Crippen LogP contribution is -2.07. The zero-order valence-electron chi connectivity index (χ0n) is 14.9. The number of benzene rings is 2. The van der Waals surface area contributed by atoms with Crippen LogP contribution in [0.2, 0.25) is 0 Å². The first-order valence-electron chi connectivity index (χ1n) is 8.85. The van der Waals surface area contributed by atoms with Gasteiger partial charge in [-0.3, -0.25) is 0 Å². The van der Waals surface area contributed by atoms with Crippen molar-refractivity contribution in [3.8, 4) is 22.6 Å². The average Bonchev–Trinajstić information content (AvgIpc) is 2.60. The Bertz CT molecular complexity index is 702. The molecule has 0 unspecified atom stereocenters. The van der Waals surface area contributed by atoms with E-state index < -0.39 is 0 Å². The van der Waals surface area contributed by atoms with Crippen LogP contribution in [0.15, 0.2) is 24.3 Å². The molecule has 0 spiro atoms. The van der Waals surface area contributed by atoms with Gasteiger partial charge in [0.25, 0.3) is 0 Å². The van der Waals surface area contributed by atoms with Crippen LogP contribution in [0.25, 0.3) is 11.1 Å². The van der Waals surface area contributed by atoms with E-state index in [2.05, 4.69) is 0 Å². The number of aryl methyl sites for hydroxylation is 1. The Kier molecular flexibility index (Phi) is 6.82. The molecule has 0 atom stereocenters. The molecular formula is C20H29N3O2. The fourth-order valence-electron chi connectivity index (χ4n) is 3.16. The van der Waals surface area contributed by atoms with Gasteiger partial charge in [-0.15, -0.1) is 0 Å². The zero-order valence-corrected chi connectivity index (χ0v) is 14.9. The van der Waals surface area contributed by atoms with E-state index in [1.165, 1.54) is 0 Å². The summed E-state index contributed by atoms with van der Waals surface area (Å²) in [4.78, 5) is 0. The second kappa shape index (κ2) is 8.85. The first kappa shape index (κ1) is 19.2. The minimum atomic E-state index is 0.288. The maximum Gasteiger partial charge on any atom is 0.122 e. The number of phenolic OH excluding ortho intramolecular Hbond substituents is 2. The number of hydrogen-bond acceptors (Lipinski definition) is 5. The van der Waals surface area contributed by atoms with Gasteiger partial charge in [0.15, 0.2) is 0 Å². The minimum Gasteiger partial charge on any atom is -0.507 e. The van der Waals surface area contributed by atoms with E-state index in [0.29, 0.717) is 44.6 Å². The number of phenols is 2. The standard InChI is InChI=1S/C20H29N3O2/c1-2-13-9-17(10-14(3-6-21)19(13)24)18-11-15(4-7-22)20(25)16(12-18)5-8-23/h9-12,24-25H,2-8,21-23H2,1H3. The Morgan fingerprint density at radius 3 is 1.28 bits per heavy atom. The minimum absolute atomic E-state index is 0.288. The number of aromatic hydroxyl groups is 2. The lowest BCUT2D eigenvalue weighted by atomic mass is 9.92. The van der Waals surface area contributed by atoms with E-state index >= 15 is 0 Å². The van der Waals surface area contributed by atoms with Gasteiger partial charge in [0.05, 0.1) is 0 Å². The molecule has 0 saturated heterocycles. The lowest BCUT2D eigenvalue weighted by molar-refractivity contribution is 0.460. The summed E-state index contributed by atoms with van der Waals surface area (Å²) in [6.07, 6.45) is 2.56. The fourth-order valence-corrected chi connectivity index (χ4v) is 3.16. The molecule has 8 N–H and O–H groups in total. The van der Waals surface area contributed by atoms with Crippen molar-refractivity contribution in [3.05, 3.63) is 46.5 Å². The third-order valence-electron chi connectivity index (χ3n) is 4.49. The molecule has 0 saturated carbocycles. The first-order chi connectivity index (χ1) is 12.0. The van der Waals surface area contributed by atoms with Crippen LogP contribution in [0.1, 0.15) is 29.2 Å². The van der Waals surface area contributed by atoms with E-state index in [9.17, 15) is 10.2 Å². The second-order valence-corrected chi connectivity index (χ2v) is 6.26. The summed E-state index contributed by atoms with van der Waals surface area (Å²) in [6, 6.07) is 7.92. The predicted octanol–water partition coefficient (Wildman–Crippen LogP) is 1.83. The summed E-state index contributed by atoms with van der Waals surface area (Å²) >= 11 is 0. The summed E-state index contributed by atoms with van der Waals surface area (Å²) in [6.45, 7) is 3.43. The summed E-state index contributed by atoms with van der Waals surface area (Å²) in [7, 11) is 0. The molecule has 5 heteroatoms. The molecule has 0 radical (unpaired) electrons. The molecule has 136 valence electrons. The Morgan fingerprint density at radius 2 is 0.960 bits per heavy atom. The van der Waals surface area contributed by atoms with Crippen molar-refractivity contribution >= 4 is 0 Å². The number of rotatable bonds is 8. The van der Waals surface area contributed by atoms with Crippen LogP contribution < -0.4 is 17.2 Å². The van der Waals surface area contributed by atoms with Gasteiger partial charge in [0.1, 0.15) is 11.5 Å². The van der Waals surface area contributed by atoms with Crippen molar-refractivity contribution in [1.82, 2.24) is 0 Å². The molecule has 0 aliphatic carbocycles. The molecule has 2 aromatic carbocycles. The highest BCUT2D eigenvalue weighted by molar-refractivity contribution is 5.70. The molecule has 0 aliphatic heterocycles. The highest BCUT2D eigenvalue weighted by Gasteiger charge is 2.14. The molecule has 2 rings (SSSR count). The Labute approximate surface area is 149 Å². The van der Waals surface area contributed by atoms with Crippen molar-refractivity contribution in [2.75, 3.05) is 19.6 Å². The molecule has 0 aliphatic rings. The maximum absolute atomic E-state index is 10.4. The van der Waals surface area contributed by atoms with Gasteiger partial charge in [-0.1, -0.05) is 6.92 Å². The fraction of sp³-hybridized carbons (Fsp3) is 0.400. The molecule has 2 aromatic rings. The van der Waals surface area contributed by atoms with Crippen LogP contribution in [0.4, 0.5) is 0 Å². The van der Waals surface area contributed by atoms with E-state index in [1.807, 2.05) is 31.2 Å². The molecule has 0 bridgehead atoms. The summed E-state index contributed by atoms with van der Waals surface area (Å²) in [5, 5.41) is 20.8. The van der Waals surface area contributed by atoms with Gasteiger partial charge < -0.3 is 27.4 Å². The maximum atomic E-state index is 10.4. The smallest absolute Gasteiger partial charge is 0.122 e. The molecular weight excluding hydrogens is 314 g/mol. The van der Waals surface area contributed by atoms with Crippen LogP contribution >= 0.6 is 0 Å². The van der Waals surface area contributed by atoms with Gasteiger partial charge in [0, 0.05) is 0 Å². The van der Waals surface area contributed by atoms with E-state index in [4.69, 9.17) is 17.2 Å². The Morgan fingerprint density at radius 1 is 0.640 bits per heavy atom. The largest absolute Gasteiger partial charge is 0.507 e. The first-order valence-corrected chi connectivity index (χ1v) is 8.85. The Hall–Kier alpha value is -2.08. The van der Waals surface area contributed by atoms with E-state index in [-0.39, 0.29) is 5.75 Å². The molecule has 0 aromatic heterocycles. The SMILES string of the molecule is CCc1cc(-c2cc(CCN)c(O)c(CCN)c2)cc(CCN)c1O. The molecule has 0 heterocycles. The van der Waals surface area contributed by atoms with E-state index in [0.717, 1.165) is 39.8 Å². The lowest BCUT2D eigenvalue weighted by Gasteiger charge is -2.16. The van der Waals surface area contributed by atoms with Crippen molar-refractivity contribution in [2.24, 2.45) is 17.2 Å². The van der Waals surface area contributed by atoms with Gasteiger partial charge in [-0.05, 0) is 103 Å². The van der Waals surface area contributed by atoms with Gasteiger partial charge in [-0.25, -0.2) is 0 Å². The van der Waals surface area contributed by atoms with Crippen LogP contribution in [0, 0.1) is 0 Å². The van der Waals surface area contributed by atoms with Crippen LogP contribution in [-0.4, -0.2) is 29.8 Å². The van der Waals surface area contributed by atoms with Crippen molar-refractivity contribution in [2.45, 2.75) is 32.6 Å². The number of nitrogens with two attached hydrogens (primary N) is 3. The van der Waals surface area contributed by atoms with Crippen molar-refractivity contribution in [3.63, 3.8) is 0 Å². The molecule has 0 amide bonds. The van der Waals surface area contributed by atoms with E-state index in [1.54, 1.807) is 0 Å². The third-order valence-corrected chi connectivity index (χ3v) is 4.49.